The number of hydrogen-bond acceptors (Lipinski definition) is 1. The lowest BCUT2D eigenvalue weighted by molar-refractivity contribution is -0.121. The maximum atomic E-state index is 11.7. The Morgan fingerprint density at radius 3 is 2.72 bits per heavy atom. The second-order valence-electron chi connectivity index (χ2n) is 4.49. The van der Waals surface area contributed by atoms with Crippen molar-refractivity contribution in [2.45, 2.75) is 45.6 Å². The molecule has 0 radical (unpaired) electrons. The largest absolute Gasteiger partial charge is 0.354 e. The predicted octanol–water partition coefficient (Wildman–Crippen LogP) is 4.23. The van der Waals surface area contributed by atoms with Crippen LogP contribution in [-0.2, 0) is 11.2 Å². The van der Waals surface area contributed by atoms with Crippen molar-refractivity contribution in [3.63, 3.8) is 0 Å². The van der Waals surface area contributed by atoms with Gasteiger partial charge in [0, 0.05) is 22.5 Å². The Morgan fingerprint density at radius 2 is 2.11 bits per heavy atom. The molecule has 0 aliphatic rings. The van der Waals surface area contributed by atoms with E-state index in [0.29, 0.717) is 22.9 Å². The molecule has 0 aliphatic carbocycles. The summed E-state index contributed by atoms with van der Waals surface area (Å²) in [7, 11) is 0. The van der Waals surface area contributed by atoms with Crippen LogP contribution in [0, 0.1) is 0 Å². The molecule has 1 aromatic rings. The van der Waals surface area contributed by atoms with E-state index in [-0.39, 0.29) is 11.9 Å². The third kappa shape index (κ3) is 5.28. The molecule has 0 saturated heterocycles. The average Bonchev–Trinajstić information content (AvgIpc) is 2.28. The van der Waals surface area contributed by atoms with Gasteiger partial charge in [-0.25, -0.2) is 0 Å². The molecule has 1 N–H and O–H groups in total. The van der Waals surface area contributed by atoms with E-state index in [4.69, 9.17) is 23.2 Å². The van der Waals surface area contributed by atoms with Gasteiger partial charge in [-0.15, -0.1) is 0 Å². The molecule has 100 valence electrons. The summed E-state index contributed by atoms with van der Waals surface area (Å²) < 4.78 is 0. The summed E-state index contributed by atoms with van der Waals surface area (Å²) in [6.45, 7) is 4.13. The normalized spacial score (nSPS) is 12.2. The van der Waals surface area contributed by atoms with E-state index in [1.807, 2.05) is 13.0 Å². The Balaban J connectivity index is 2.42. The first-order valence-corrected chi connectivity index (χ1v) is 7.01. The minimum atomic E-state index is 0.0713. The highest BCUT2D eigenvalue weighted by Gasteiger charge is 2.08. The van der Waals surface area contributed by atoms with Crippen LogP contribution in [0.4, 0.5) is 0 Å². The summed E-state index contributed by atoms with van der Waals surface area (Å²) in [5.74, 6) is 0.0713. The van der Waals surface area contributed by atoms with E-state index in [1.165, 1.54) is 0 Å². The van der Waals surface area contributed by atoms with Gasteiger partial charge in [0.25, 0.3) is 0 Å². The Kier molecular flexibility index (Phi) is 6.51. The van der Waals surface area contributed by atoms with Crippen molar-refractivity contribution in [3.05, 3.63) is 33.8 Å². The van der Waals surface area contributed by atoms with Gasteiger partial charge in [0.2, 0.25) is 5.91 Å². The number of carbonyl (C=O) groups excluding carboxylic acids is 1. The molecule has 1 amide bonds. The zero-order chi connectivity index (χ0) is 13.5. The van der Waals surface area contributed by atoms with Crippen molar-refractivity contribution in [2.75, 3.05) is 0 Å². The van der Waals surface area contributed by atoms with Gasteiger partial charge in [-0.2, -0.15) is 0 Å². The van der Waals surface area contributed by atoms with Crippen LogP contribution in [0.1, 0.15) is 38.7 Å². The fourth-order valence-corrected chi connectivity index (χ4v) is 2.33. The molecule has 0 spiro atoms. The number of benzene rings is 1. The summed E-state index contributed by atoms with van der Waals surface area (Å²) in [6, 6.07) is 5.60. The lowest BCUT2D eigenvalue weighted by atomic mass is 10.1. The van der Waals surface area contributed by atoms with Crippen molar-refractivity contribution >= 4 is 29.1 Å². The van der Waals surface area contributed by atoms with E-state index in [1.54, 1.807) is 12.1 Å². The molecule has 1 aromatic carbocycles. The summed E-state index contributed by atoms with van der Waals surface area (Å²) >= 11 is 11.9. The van der Waals surface area contributed by atoms with Crippen molar-refractivity contribution in [1.82, 2.24) is 5.32 Å². The van der Waals surface area contributed by atoms with Gasteiger partial charge in [-0.1, -0.05) is 42.6 Å². The van der Waals surface area contributed by atoms with Crippen LogP contribution >= 0.6 is 23.2 Å². The van der Waals surface area contributed by atoms with Crippen LogP contribution in [0.5, 0.6) is 0 Å². The molecule has 0 aliphatic heterocycles. The first-order chi connectivity index (χ1) is 8.52. The van der Waals surface area contributed by atoms with Crippen LogP contribution in [0.2, 0.25) is 10.0 Å². The van der Waals surface area contributed by atoms with E-state index in [2.05, 4.69) is 12.2 Å². The Bertz CT molecular complexity index is 407. The number of halogens is 2. The zero-order valence-electron chi connectivity index (χ0n) is 10.8. The minimum absolute atomic E-state index is 0.0713. The second-order valence-corrected chi connectivity index (χ2v) is 5.34. The number of aryl methyl sites for hydroxylation is 1. The smallest absolute Gasteiger partial charge is 0.220 e. The third-order valence-electron chi connectivity index (χ3n) is 2.77. The molecule has 0 bridgehead atoms. The average molecular weight is 288 g/mol. The molecule has 0 aromatic heterocycles. The van der Waals surface area contributed by atoms with E-state index >= 15 is 0 Å². The third-order valence-corrected chi connectivity index (χ3v) is 3.35. The standard InChI is InChI=1S/C14H19Cl2NO/c1-3-4-10(2)17-14(18)8-6-11-5-7-12(15)9-13(11)16/h5,7,9-10H,3-4,6,8H2,1-2H3,(H,17,18)/t10-/m0/s1. The van der Waals surface area contributed by atoms with Gasteiger partial charge in [0.1, 0.15) is 0 Å². The quantitative estimate of drug-likeness (QED) is 0.833. The maximum Gasteiger partial charge on any atom is 0.220 e. The van der Waals surface area contributed by atoms with Crippen molar-refractivity contribution < 1.29 is 4.79 Å². The minimum Gasteiger partial charge on any atom is -0.354 e. The molecular formula is C14H19Cl2NO. The molecular weight excluding hydrogens is 269 g/mol. The summed E-state index contributed by atoms with van der Waals surface area (Å²) in [4.78, 5) is 11.7. The van der Waals surface area contributed by atoms with Crippen LogP contribution in [0.15, 0.2) is 18.2 Å². The first kappa shape index (κ1) is 15.3. The predicted molar refractivity (Wildman–Crippen MR) is 77.3 cm³/mol. The number of nitrogens with one attached hydrogen (secondary N) is 1. The molecule has 0 unspecified atom stereocenters. The molecule has 0 saturated carbocycles. The van der Waals surface area contributed by atoms with Crippen molar-refractivity contribution in [2.24, 2.45) is 0 Å². The highest BCUT2D eigenvalue weighted by atomic mass is 35.5. The monoisotopic (exact) mass is 287 g/mol. The van der Waals surface area contributed by atoms with Gasteiger partial charge < -0.3 is 5.32 Å². The van der Waals surface area contributed by atoms with Gasteiger partial charge in [-0.3, -0.25) is 4.79 Å². The molecule has 18 heavy (non-hydrogen) atoms. The summed E-state index contributed by atoms with van der Waals surface area (Å²) in [6.07, 6.45) is 3.17. The van der Waals surface area contributed by atoms with Gasteiger partial charge in [-0.05, 0) is 37.5 Å². The molecule has 1 rings (SSSR count). The number of carbonyl (C=O) groups is 1. The molecule has 0 heterocycles. The van der Waals surface area contributed by atoms with Crippen LogP contribution in [-0.4, -0.2) is 11.9 Å². The van der Waals surface area contributed by atoms with E-state index in [9.17, 15) is 4.79 Å². The van der Waals surface area contributed by atoms with Crippen molar-refractivity contribution in [1.29, 1.82) is 0 Å². The fraction of sp³-hybridized carbons (Fsp3) is 0.500. The molecule has 0 fully saturated rings. The van der Waals surface area contributed by atoms with Crippen LogP contribution in [0.25, 0.3) is 0 Å². The SMILES string of the molecule is CCC[C@H](C)NC(=O)CCc1ccc(Cl)cc1Cl. The van der Waals surface area contributed by atoms with Gasteiger partial charge in [0.05, 0.1) is 0 Å². The van der Waals surface area contributed by atoms with E-state index < -0.39 is 0 Å². The highest BCUT2D eigenvalue weighted by Crippen LogP contribution is 2.21. The summed E-state index contributed by atoms with van der Waals surface area (Å²) in [5.41, 5.74) is 0.958. The Hall–Kier alpha value is -0.730. The summed E-state index contributed by atoms with van der Waals surface area (Å²) in [5, 5.41) is 4.21. The number of hydrogen-bond donors (Lipinski definition) is 1. The van der Waals surface area contributed by atoms with Crippen LogP contribution in [0.3, 0.4) is 0 Å². The van der Waals surface area contributed by atoms with E-state index in [0.717, 1.165) is 18.4 Å². The number of rotatable bonds is 6. The van der Waals surface area contributed by atoms with Crippen molar-refractivity contribution in [3.8, 4) is 0 Å². The maximum absolute atomic E-state index is 11.7. The topological polar surface area (TPSA) is 29.1 Å². The second kappa shape index (κ2) is 7.65. The van der Waals surface area contributed by atoms with Gasteiger partial charge >= 0.3 is 0 Å². The van der Waals surface area contributed by atoms with Crippen LogP contribution < -0.4 is 5.32 Å². The first-order valence-electron chi connectivity index (χ1n) is 6.26. The lowest BCUT2D eigenvalue weighted by Gasteiger charge is -2.12. The lowest BCUT2D eigenvalue weighted by Crippen LogP contribution is -2.32. The number of amides is 1. The molecule has 2 nitrogen and oxygen atoms in total. The Morgan fingerprint density at radius 1 is 1.39 bits per heavy atom. The molecule has 4 heteroatoms. The zero-order valence-corrected chi connectivity index (χ0v) is 12.3. The fourth-order valence-electron chi connectivity index (χ4n) is 1.82. The Labute approximate surface area is 119 Å². The van der Waals surface area contributed by atoms with Gasteiger partial charge in [0.15, 0.2) is 0 Å². The molecule has 1 atom stereocenters. The highest BCUT2D eigenvalue weighted by molar-refractivity contribution is 6.35.